The summed E-state index contributed by atoms with van der Waals surface area (Å²) in [5.41, 5.74) is 1.94. The van der Waals surface area contributed by atoms with E-state index in [2.05, 4.69) is 23.8 Å². The average molecular weight is 313 g/mol. The Bertz CT molecular complexity index is 569. The number of hydrogen-bond donors (Lipinski definition) is 0. The van der Waals surface area contributed by atoms with Crippen molar-refractivity contribution in [2.75, 3.05) is 0 Å². The van der Waals surface area contributed by atoms with Gasteiger partial charge < -0.3 is 0 Å². The Morgan fingerprint density at radius 2 is 1.48 bits per heavy atom. The predicted molar refractivity (Wildman–Crippen MR) is 81.6 cm³/mol. The summed E-state index contributed by atoms with van der Waals surface area (Å²) in [5, 5.41) is -0.0607. The summed E-state index contributed by atoms with van der Waals surface area (Å²) in [4.78, 5) is 7.22. The number of rotatable bonds is 2. The quantitative estimate of drug-likeness (QED) is 0.699. The molecule has 5 heteroatoms. The van der Waals surface area contributed by atoms with Gasteiger partial charge in [0.2, 0.25) is 5.95 Å². The molecule has 0 N–H and O–H groups in total. The molecule has 2 nitrogen and oxygen atoms in total. The van der Waals surface area contributed by atoms with E-state index in [-0.39, 0.29) is 11.1 Å². The highest BCUT2D eigenvalue weighted by Gasteiger charge is 2.04. The van der Waals surface area contributed by atoms with E-state index in [1.54, 1.807) is 18.5 Å². The van der Waals surface area contributed by atoms with Crippen molar-refractivity contribution in [2.45, 2.75) is 39.5 Å². The van der Waals surface area contributed by atoms with Crippen molar-refractivity contribution in [3.8, 4) is 0 Å². The van der Waals surface area contributed by atoms with E-state index in [9.17, 15) is 8.78 Å². The molecular weight excluding hydrogens is 294 g/mol. The van der Waals surface area contributed by atoms with Gasteiger partial charge in [-0.25, -0.2) is 14.4 Å². The first kappa shape index (κ1) is 17.5. The first-order valence-electron chi connectivity index (χ1n) is 6.73. The summed E-state index contributed by atoms with van der Waals surface area (Å²) in [6.07, 6.45) is 3.16. The van der Waals surface area contributed by atoms with Crippen LogP contribution in [0.4, 0.5) is 8.78 Å². The molecule has 2 heterocycles. The van der Waals surface area contributed by atoms with E-state index in [1.807, 2.05) is 13.8 Å². The zero-order valence-electron chi connectivity index (χ0n) is 12.6. The highest BCUT2D eigenvalue weighted by atomic mass is 35.5. The lowest BCUT2D eigenvalue weighted by molar-refractivity contribution is 0.581. The van der Waals surface area contributed by atoms with Crippen molar-refractivity contribution in [1.29, 1.82) is 0 Å². The normalized spacial score (nSPS) is 10.5. The Kier molecular flexibility index (Phi) is 6.69. The minimum Gasteiger partial charge on any atom is -0.241 e. The van der Waals surface area contributed by atoms with Crippen molar-refractivity contribution in [3.63, 3.8) is 0 Å². The molecule has 21 heavy (non-hydrogen) atoms. The molecule has 0 saturated heterocycles. The molecule has 0 atom stereocenters. The van der Waals surface area contributed by atoms with E-state index in [1.165, 1.54) is 12.1 Å². The lowest BCUT2D eigenvalue weighted by Gasteiger charge is -2.03. The molecular formula is C16H19ClF2N2. The Hall–Kier alpha value is -1.55. The van der Waals surface area contributed by atoms with Gasteiger partial charge in [-0.2, -0.15) is 4.39 Å². The lowest BCUT2D eigenvalue weighted by Crippen LogP contribution is -1.91. The fourth-order valence-corrected chi connectivity index (χ4v) is 1.58. The molecule has 0 saturated carbocycles. The Balaban J connectivity index is 0.000000211. The van der Waals surface area contributed by atoms with Crippen LogP contribution in [0.1, 0.15) is 50.7 Å². The number of aromatic nitrogens is 2. The van der Waals surface area contributed by atoms with Gasteiger partial charge in [-0.15, -0.1) is 0 Å². The predicted octanol–water partition coefficient (Wildman–Crippen LogP) is 5.34. The van der Waals surface area contributed by atoms with Crippen LogP contribution in [0.15, 0.2) is 30.6 Å². The molecule has 0 amide bonds. The number of halogens is 3. The lowest BCUT2D eigenvalue weighted by atomic mass is 10.1. The van der Waals surface area contributed by atoms with Crippen molar-refractivity contribution >= 4 is 11.6 Å². The van der Waals surface area contributed by atoms with Gasteiger partial charge in [-0.05, 0) is 35.1 Å². The van der Waals surface area contributed by atoms with Crippen LogP contribution < -0.4 is 0 Å². The molecule has 114 valence electrons. The van der Waals surface area contributed by atoms with Crippen molar-refractivity contribution in [1.82, 2.24) is 9.97 Å². The summed E-state index contributed by atoms with van der Waals surface area (Å²) in [7, 11) is 0. The molecule has 0 aliphatic heterocycles. The number of hydrogen-bond acceptors (Lipinski definition) is 2. The van der Waals surface area contributed by atoms with E-state index in [0.29, 0.717) is 5.92 Å². The molecule has 0 spiro atoms. The van der Waals surface area contributed by atoms with Crippen molar-refractivity contribution in [3.05, 3.63) is 58.6 Å². The summed E-state index contributed by atoms with van der Waals surface area (Å²) in [6, 6.07) is 4.56. The average Bonchev–Trinajstić information content (AvgIpc) is 2.43. The van der Waals surface area contributed by atoms with Gasteiger partial charge in [0.1, 0.15) is 0 Å². The minimum absolute atomic E-state index is 0.0607. The summed E-state index contributed by atoms with van der Waals surface area (Å²) in [5.74, 6) is -0.148. The number of pyridine rings is 2. The van der Waals surface area contributed by atoms with Crippen LogP contribution in [0.3, 0.4) is 0 Å². The Labute approximate surface area is 129 Å². The van der Waals surface area contributed by atoms with Gasteiger partial charge in [0.05, 0.1) is 0 Å². The molecule has 0 fully saturated rings. The third kappa shape index (κ3) is 5.76. The van der Waals surface area contributed by atoms with Crippen LogP contribution in [0.5, 0.6) is 0 Å². The second-order valence-corrected chi connectivity index (χ2v) is 5.62. The van der Waals surface area contributed by atoms with Gasteiger partial charge in [-0.1, -0.05) is 45.4 Å². The largest absolute Gasteiger partial charge is 0.241 e. The third-order valence-corrected chi connectivity index (χ3v) is 3.18. The van der Waals surface area contributed by atoms with Crippen LogP contribution in [0.2, 0.25) is 5.15 Å². The van der Waals surface area contributed by atoms with E-state index >= 15 is 0 Å². The molecule has 0 unspecified atom stereocenters. The highest BCUT2D eigenvalue weighted by molar-refractivity contribution is 6.29. The van der Waals surface area contributed by atoms with Gasteiger partial charge in [0.25, 0.3) is 0 Å². The summed E-state index contributed by atoms with van der Waals surface area (Å²) >= 11 is 5.40. The second kappa shape index (κ2) is 8.03. The van der Waals surface area contributed by atoms with Crippen molar-refractivity contribution in [2.24, 2.45) is 0 Å². The zero-order chi connectivity index (χ0) is 16.0. The standard InChI is InChI=1S/C8H9ClFN.C8H10FN/c1-5(2)6-3-7(10)8(9)11-4-6;1-6(2)7-3-4-8(9)10-5-7/h3-5H,1-2H3;3-6H,1-2H3. The molecule has 0 aliphatic rings. The molecule has 2 aromatic rings. The summed E-state index contributed by atoms with van der Waals surface area (Å²) < 4.78 is 25.0. The SMILES string of the molecule is CC(C)c1ccc(F)nc1.CC(C)c1cnc(Cl)c(F)c1. The van der Waals surface area contributed by atoms with Crippen LogP contribution >= 0.6 is 11.6 Å². The highest BCUT2D eigenvalue weighted by Crippen LogP contribution is 2.17. The molecule has 2 aromatic heterocycles. The first-order valence-corrected chi connectivity index (χ1v) is 7.11. The van der Waals surface area contributed by atoms with Crippen molar-refractivity contribution < 1.29 is 8.78 Å². The molecule has 0 bridgehead atoms. The van der Waals surface area contributed by atoms with Gasteiger partial charge >= 0.3 is 0 Å². The molecule has 2 rings (SSSR count). The van der Waals surface area contributed by atoms with Gasteiger partial charge in [0, 0.05) is 12.4 Å². The number of nitrogens with zero attached hydrogens (tertiary/aromatic N) is 2. The van der Waals surface area contributed by atoms with Crippen LogP contribution in [0.25, 0.3) is 0 Å². The maximum atomic E-state index is 12.7. The van der Waals surface area contributed by atoms with E-state index in [4.69, 9.17) is 11.6 Å². The van der Waals surface area contributed by atoms with Crippen LogP contribution in [-0.2, 0) is 0 Å². The fraction of sp³-hybridized carbons (Fsp3) is 0.375. The zero-order valence-corrected chi connectivity index (χ0v) is 13.3. The van der Waals surface area contributed by atoms with Crippen LogP contribution in [-0.4, -0.2) is 9.97 Å². The maximum Gasteiger partial charge on any atom is 0.212 e. The monoisotopic (exact) mass is 312 g/mol. The third-order valence-electron chi connectivity index (χ3n) is 2.90. The van der Waals surface area contributed by atoms with Gasteiger partial charge in [0.15, 0.2) is 11.0 Å². The van der Waals surface area contributed by atoms with Gasteiger partial charge in [-0.3, -0.25) is 0 Å². The molecule has 0 radical (unpaired) electrons. The Morgan fingerprint density at radius 3 is 1.90 bits per heavy atom. The first-order chi connectivity index (χ1) is 9.81. The second-order valence-electron chi connectivity index (χ2n) is 5.26. The van der Waals surface area contributed by atoms with Crippen LogP contribution in [0, 0.1) is 11.8 Å². The van der Waals surface area contributed by atoms with E-state index < -0.39 is 11.8 Å². The summed E-state index contributed by atoms with van der Waals surface area (Å²) in [6.45, 7) is 8.05. The molecule has 0 aliphatic carbocycles. The topological polar surface area (TPSA) is 25.8 Å². The smallest absolute Gasteiger partial charge is 0.212 e. The fourth-order valence-electron chi connectivity index (χ4n) is 1.48. The molecule has 0 aromatic carbocycles. The minimum atomic E-state index is -0.446. The maximum absolute atomic E-state index is 12.7. The van der Waals surface area contributed by atoms with E-state index in [0.717, 1.165) is 11.1 Å². The Morgan fingerprint density at radius 1 is 0.905 bits per heavy atom.